The molecule has 2 aromatic heterocycles. The lowest BCUT2D eigenvalue weighted by Crippen LogP contribution is -2.26. The molecule has 0 bridgehead atoms. The maximum Gasteiger partial charge on any atom is 0.472 e. The largest absolute Gasteiger partial charge is 0.472 e. The summed E-state index contributed by atoms with van der Waals surface area (Å²) >= 11 is 6.15. The monoisotopic (exact) mass is 769 g/mol. The topological polar surface area (TPSA) is 122 Å². The van der Waals surface area contributed by atoms with E-state index in [1.807, 2.05) is 30.3 Å². The van der Waals surface area contributed by atoms with Crippen LogP contribution in [0.2, 0.25) is 5.02 Å². The van der Waals surface area contributed by atoms with Crippen molar-refractivity contribution in [3.05, 3.63) is 71.5 Å². The average Bonchev–Trinajstić information content (AvgIpc) is 3.72. The van der Waals surface area contributed by atoms with Gasteiger partial charge in [-0.05, 0) is 68.4 Å². The van der Waals surface area contributed by atoms with Crippen LogP contribution in [-0.4, -0.2) is 64.2 Å². The summed E-state index contributed by atoms with van der Waals surface area (Å²) in [5.74, 6) is 0.0647. The number of carbonyl (C=O) groups is 1. The molecule has 1 atom stereocenters. The van der Waals surface area contributed by atoms with Crippen LogP contribution in [-0.2, 0) is 37.9 Å². The van der Waals surface area contributed by atoms with Gasteiger partial charge < -0.3 is 24.2 Å². The van der Waals surface area contributed by atoms with Crippen LogP contribution >= 0.6 is 19.4 Å². The number of nitrogens with one attached hydrogen (secondary N) is 1. The summed E-state index contributed by atoms with van der Waals surface area (Å²) in [4.78, 5) is 24.7. The van der Waals surface area contributed by atoms with Crippen molar-refractivity contribution in [2.45, 2.75) is 111 Å². The number of nitrogens with zero attached hydrogens (tertiary/aromatic N) is 4. The normalized spacial score (nSPS) is 12.5. The van der Waals surface area contributed by atoms with Crippen LogP contribution < -0.4 is 5.32 Å². The van der Waals surface area contributed by atoms with Gasteiger partial charge in [-0.3, -0.25) is 13.8 Å². The first kappa shape index (κ1) is 44.2. The van der Waals surface area contributed by atoms with Crippen molar-refractivity contribution in [3.8, 4) is 6.07 Å². The van der Waals surface area contributed by atoms with Gasteiger partial charge in [-0.25, -0.2) is 4.57 Å². The predicted octanol–water partition coefficient (Wildman–Crippen LogP) is 9.90. The number of aromatic nitrogens is 2. The number of phosphoric acid groups is 1. The van der Waals surface area contributed by atoms with Gasteiger partial charge in [0.15, 0.2) is 0 Å². The van der Waals surface area contributed by atoms with Gasteiger partial charge in [-0.15, -0.1) is 0 Å². The SMILES string of the molecule is CCN(CC)CC.N#CCCOP(=O)(O)OCCCCCCCCCCCCNC(=O)Cc1cn(CCn2ccc3cc(Cl)ccc32)c2ccccc12. The number of fused-ring (bicyclic) bond motifs is 2. The Balaban J connectivity index is 0.000000980. The van der Waals surface area contributed by atoms with Crippen LogP contribution in [0.3, 0.4) is 0 Å². The molecule has 0 spiro atoms. The number of phosphoric ester groups is 1. The fraction of sp³-hybridized carbons (Fsp3) is 0.561. The van der Waals surface area contributed by atoms with Gasteiger partial charge in [0.1, 0.15) is 0 Å². The minimum absolute atomic E-state index is 0.0602. The zero-order chi connectivity index (χ0) is 38.3. The quantitative estimate of drug-likeness (QED) is 0.0508. The number of halogens is 1. The van der Waals surface area contributed by atoms with Crippen molar-refractivity contribution < 1.29 is 23.3 Å². The summed E-state index contributed by atoms with van der Waals surface area (Å²) in [6, 6.07) is 18.2. The molecule has 12 heteroatoms. The molecule has 0 fully saturated rings. The molecule has 4 aromatic rings. The van der Waals surface area contributed by atoms with Gasteiger partial charge >= 0.3 is 7.82 Å². The molecule has 292 valence electrons. The molecular weight excluding hydrogens is 709 g/mol. The molecular formula is C41H61ClN5O5P. The number of amides is 1. The van der Waals surface area contributed by atoms with Crippen molar-refractivity contribution in [3.63, 3.8) is 0 Å². The Morgan fingerprint density at radius 1 is 0.849 bits per heavy atom. The van der Waals surface area contributed by atoms with E-state index in [0.29, 0.717) is 19.4 Å². The van der Waals surface area contributed by atoms with Crippen LogP contribution in [0, 0.1) is 11.3 Å². The van der Waals surface area contributed by atoms with Crippen LogP contribution in [0.15, 0.2) is 60.9 Å². The second-order valence-corrected chi connectivity index (χ2v) is 15.2. The summed E-state index contributed by atoms with van der Waals surface area (Å²) < 4.78 is 25.7. The van der Waals surface area contributed by atoms with Gasteiger partial charge in [-0.1, -0.05) is 102 Å². The molecule has 0 saturated carbocycles. The summed E-state index contributed by atoms with van der Waals surface area (Å²) in [7, 11) is -4.03. The lowest BCUT2D eigenvalue weighted by atomic mass is 10.1. The average molecular weight is 770 g/mol. The number of hydrogen-bond donors (Lipinski definition) is 2. The standard InChI is InChI=1S/C35H46ClN4O5P.C6H15N/c36-31-16-17-33-29(26-31)18-21-39(33)22-23-40-28-30(32-14-9-10-15-34(32)40)27-35(41)38-20-11-7-5-3-1-2-4-6-8-12-24-44-46(42,43)45-25-13-19-37;1-4-7(5-2)6-3/h9-10,14-18,21,26,28H,1-8,11-13,20,22-25,27H2,(H,38,41)(H,42,43);4-6H2,1-3H3. The highest BCUT2D eigenvalue weighted by atomic mass is 35.5. The number of carbonyl (C=O) groups excluding carboxylic acids is 1. The Labute approximate surface area is 322 Å². The predicted molar refractivity (Wildman–Crippen MR) is 217 cm³/mol. The summed E-state index contributed by atoms with van der Waals surface area (Å²) in [5.41, 5.74) is 3.36. The third kappa shape index (κ3) is 16.4. The Bertz CT molecular complexity index is 1730. The molecule has 2 aromatic carbocycles. The molecule has 2 heterocycles. The number of rotatable bonds is 25. The van der Waals surface area contributed by atoms with E-state index in [-0.39, 0.29) is 25.5 Å². The fourth-order valence-electron chi connectivity index (χ4n) is 6.43. The molecule has 0 aliphatic rings. The Hall–Kier alpha value is -3.16. The van der Waals surface area contributed by atoms with Crippen LogP contribution in [0.1, 0.15) is 97.0 Å². The minimum Gasteiger partial charge on any atom is -0.356 e. The van der Waals surface area contributed by atoms with E-state index < -0.39 is 7.82 Å². The minimum atomic E-state index is -4.03. The summed E-state index contributed by atoms with van der Waals surface area (Å²) in [5, 5.41) is 14.6. The number of benzene rings is 2. The molecule has 2 N–H and O–H groups in total. The van der Waals surface area contributed by atoms with Gasteiger partial charge in [0.2, 0.25) is 5.91 Å². The first-order valence-corrected chi connectivity index (χ1v) is 21.4. The number of hydrogen-bond acceptors (Lipinski definition) is 6. The zero-order valence-electron chi connectivity index (χ0n) is 32.1. The number of unbranched alkanes of at least 4 members (excludes halogenated alkanes) is 9. The van der Waals surface area contributed by atoms with Crippen molar-refractivity contribution in [2.24, 2.45) is 0 Å². The van der Waals surface area contributed by atoms with Crippen LogP contribution in [0.5, 0.6) is 0 Å². The highest BCUT2D eigenvalue weighted by Gasteiger charge is 2.20. The van der Waals surface area contributed by atoms with E-state index in [0.717, 1.165) is 77.6 Å². The molecule has 10 nitrogen and oxygen atoms in total. The van der Waals surface area contributed by atoms with E-state index in [9.17, 15) is 14.3 Å². The third-order valence-corrected chi connectivity index (χ3v) is 10.7. The van der Waals surface area contributed by atoms with Gasteiger partial charge in [-0.2, -0.15) is 5.26 Å². The number of aryl methyl sites for hydroxylation is 2. The lowest BCUT2D eigenvalue weighted by Gasteiger charge is -2.13. The third-order valence-electron chi connectivity index (χ3n) is 9.49. The van der Waals surface area contributed by atoms with Gasteiger partial charge in [0, 0.05) is 58.9 Å². The molecule has 0 aliphatic heterocycles. The molecule has 0 aliphatic carbocycles. The van der Waals surface area contributed by atoms with Crippen molar-refractivity contribution in [1.82, 2.24) is 19.4 Å². The van der Waals surface area contributed by atoms with Crippen molar-refractivity contribution >= 4 is 47.1 Å². The molecule has 0 radical (unpaired) electrons. The van der Waals surface area contributed by atoms with E-state index in [2.05, 4.69) is 76.8 Å². The molecule has 53 heavy (non-hydrogen) atoms. The number of nitriles is 1. The lowest BCUT2D eigenvalue weighted by molar-refractivity contribution is -0.120. The van der Waals surface area contributed by atoms with Gasteiger partial charge in [0.05, 0.1) is 32.1 Å². The van der Waals surface area contributed by atoms with E-state index in [1.165, 1.54) is 45.3 Å². The Morgan fingerprint density at radius 3 is 2.13 bits per heavy atom. The van der Waals surface area contributed by atoms with Crippen molar-refractivity contribution in [1.29, 1.82) is 5.26 Å². The van der Waals surface area contributed by atoms with E-state index in [1.54, 1.807) is 0 Å². The second-order valence-electron chi connectivity index (χ2n) is 13.3. The maximum absolute atomic E-state index is 12.8. The molecule has 1 unspecified atom stereocenters. The Kier molecular flexibility index (Phi) is 20.9. The first-order valence-electron chi connectivity index (χ1n) is 19.5. The molecule has 1 amide bonds. The molecule has 0 saturated heterocycles. The smallest absolute Gasteiger partial charge is 0.356 e. The number of para-hydroxylation sites is 1. The van der Waals surface area contributed by atoms with E-state index >= 15 is 0 Å². The van der Waals surface area contributed by atoms with Crippen LogP contribution in [0.25, 0.3) is 21.8 Å². The van der Waals surface area contributed by atoms with Crippen molar-refractivity contribution in [2.75, 3.05) is 39.4 Å². The highest BCUT2D eigenvalue weighted by Crippen LogP contribution is 2.43. The molecule has 4 rings (SSSR count). The zero-order valence-corrected chi connectivity index (χ0v) is 33.8. The van der Waals surface area contributed by atoms with Crippen LogP contribution in [0.4, 0.5) is 0 Å². The fourth-order valence-corrected chi connectivity index (χ4v) is 7.37. The summed E-state index contributed by atoms with van der Waals surface area (Å²) in [6.45, 7) is 12.5. The van der Waals surface area contributed by atoms with Gasteiger partial charge in [0.25, 0.3) is 0 Å². The first-order chi connectivity index (χ1) is 25.7. The van der Waals surface area contributed by atoms with E-state index in [4.69, 9.17) is 25.9 Å². The second kappa shape index (κ2) is 25.0. The summed E-state index contributed by atoms with van der Waals surface area (Å²) in [6.07, 6.45) is 15.3. The Morgan fingerprint density at radius 2 is 1.47 bits per heavy atom. The maximum atomic E-state index is 12.8. The highest BCUT2D eigenvalue weighted by molar-refractivity contribution is 7.47.